The highest BCUT2D eigenvalue weighted by Crippen LogP contribution is 2.29. The van der Waals surface area contributed by atoms with Gasteiger partial charge in [0.25, 0.3) is 11.8 Å². The van der Waals surface area contributed by atoms with Crippen LogP contribution in [0.3, 0.4) is 0 Å². The lowest BCUT2D eigenvalue weighted by molar-refractivity contribution is -0.140. The number of nitrogens with one attached hydrogen (secondary N) is 2. The number of benzene rings is 1. The van der Waals surface area contributed by atoms with E-state index in [1.165, 1.54) is 17.2 Å². The predicted octanol–water partition coefficient (Wildman–Crippen LogP) is 4.06. The highest BCUT2D eigenvalue weighted by atomic mass is 16.6. The Kier molecular flexibility index (Phi) is 13.2. The first-order valence-electron chi connectivity index (χ1n) is 19.7. The van der Waals surface area contributed by atoms with E-state index in [0.29, 0.717) is 63.8 Å². The Labute approximate surface area is 311 Å². The van der Waals surface area contributed by atoms with Crippen LogP contribution in [0.15, 0.2) is 36.4 Å². The second kappa shape index (κ2) is 18.4. The molecular weight excluding hydrogens is 678 g/mol. The summed E-state index contributed by atoms with van der Waals surface area (Å²) in [5, 5.41) is 10.7. The van der Waals surface area contributed by atoms with E-state index >= 15 is 0 Å². The zero-order valence-electron chi connectivity index (χ0n) is 31.0. The molecule has 2 saturated heterocycles. The molecule has 2 aliphatic heterocycles. The van der Waals surface area contributed by atoms with Crippen molar-refractivity contribution in [1.82, 2.24) is 35.1 Å². The van der Waals surface area contributed by atoms with Crippen molar-refractivity contribution in [3.8, 4) is 11.6 Å². The maximum atomic E-state index is 14.0. The highest BCUT2D eigenvalue weighted by molar-refractivity contribution is 5.96. The van der Waals surface area contributed by atoms with Gasteiger partial charge in [-0.3, -0.25) is 19.2 Å². The minimum atomic E-state index is -0.764. The Hall–Kier alpha value is -4.62. The maximum Gasteiger partial charge on any atom is 0.409 e. The lowest BCUT2D eigenvalue weighted by Crippen LogP contribution is -2.56. The average molecular weight is 734 g/mol. The topological polar surface area (TPSA) is 155 Å². The van der Waals surface area contributed by atoms with Gasteiger partial charge in [0.1, 0.15) is 12.1 Å². The van der Waals surface area contributed by atoms with E-state index in [2.05, 4.69) is 15.7 Å². The van der Waals surface area contributed by atoms with Gasteiger partial charge in [-0.1, -0.05) is 63.6 Å². The molecule has 4 aliphatic rings. The van der Waals surface area contributed by atoms with Crippen molar-refractivity contribution in [3.63, 3.8) is 0 Å². The van der Waals surface area contributed by atoms with Gasteiger partial charge in [-0.15, -0.1) is 0 Å². The molecule has 14 heteroatoms. The van der Waals surface area contributed by atoms with Gasteiger partial charge in [0.15, 0.2) is 12.3 Å². The first-order valence-corrected chi connectivity index (χ1v) is 19.7. The zero-order chi connectivity index (χ0) is 37.2. The summed E-state index contributed by atoms with van der Waals surface area (Å²) in [5.41, 5.74) is 0.685. The summed E-state index contributed by atoms with van der Waals surface area (Å²) in [6, 6.07) is 9.57. The van der Waals surface area contributed by atoms with E-state index in [4.69, 9.17) is 9.47 Å². The molecule has 53 heavy (non-hydrogen) atoms. The van der Waals surface area contributed by atoms with Crippen LogP contribution in [0.5, 0.6) is 5.88 Å². The van der Waals surface area contributed by atoms with Crippen molar-refractivity contribution in [2.45, 2.75) is 109 Å². The van der Waals surface area contributed by atoms with E-state index in [1.807, 2.05) is 37.3 Å². The normalized spacial score (nSPS) is 20.0. The van der Waals surface area contributed by atoms with E-state index in [1.54, 1.807) is 14.7 Å². The molecular formula is C39H55N7O7. The van der Waals surface area contributed by atoms with Gasteiger partial charge in [-0.05, 0) is 63.0 Å². The van der Waals surface area contributed by atoms with Crippen molar-refractivity contribution in [2.24, 2.45) is 5.92 Å². The highest BCUT2D eigenvalue weighted by Gasteiger charge is 2.37. The average Bonchev–Trinajstić information content (AvgIpc) is 3.84. The summed E-state index contributed by atoms with van der Waals surface area (Å²) in [6.45, 7) is 4.01. The fourth-order valence-corrected chi connectivity index (χ4v) is 7.67. The van der Waals surface area contributed by atoms with Gasteiger partial charge in [-0.2, -0.15) is 5.10 Å². The Balaban J connectivity index is 1.13. The third kappa shape index (κ3) is 9.88. The van der Waals surface area contributed by atoms with Crippen LogP contribution in [0.4, 0.5) is 4.79 Å². The summed E-state index contributed by atoms with van der Waals surface area (Å²) in [4.78, 5) is 71.8. The summed E-state index contributed by atoms with van der Waals surface area (Å²) >= 11 is 0. The van der Waals surface area contributed by atoms with Gasteiger partial charge in [-0.25, -0.2) is 9.48 Å². The van der Waals surface area contributed by atoms with Crippen LogP contribution >= 0.6 is 0 Å². The number of ether oxygens (including phenoxy) is 2. The largest absolute Gasteiger partial charge is 0.467 e. The van der Waals surface area contributed by atoms with E-state index in [0.717, 1.165) is 64.2 Å². The molecule has 2 aliphatic carbocycles. The first-order chi connectivity index (χ1) is 25.8. The van der Waals surface area contributed by atoms with Gasteiger partial charge < -0.3 is 34.8 Å². The fraction of sp³-hybridized carbons (Fsp3) is 0.641. The number of aromatic nitrogens is 2. The van der Waals surface area contributed by atoms with Crippen LogP contribution in [0, 0.1) is 5.92 Å². The maximum absolute atomic E-state index is 14.0. The summed E-state index contributed by atoms with van der Waals surface area (Å²) < 4.78 is 12.9. The quantitative estimate of drug-likeness (QED) is 0.276. The number of likely N-dealkylation sites (tertiary alicyclic amines) is 1. The van der Waals surface area contributed by atoms with E-state index < -0.39 is 18.0 Å². The summed E-state index contributed by atoms with van der Waals surface area (Å²) in [6.07, 6.45) is 11.7. The minimum Gasteiger partial charge on any atom is -0.467 e. The number of para-hydroxylation sites is 1. The molecule has 2 N–H and O–H groups in total. The molecule has 2 atom stereocenters. The molecule has 14 nitrogen and oxygen atoms in total. The number of amides is 5. The molecule has 4 fully saturated rings. The number of unbranched alkanes of at least 4 members (excludes halogenated alkanes) is 1. The third-order valence-corrected chi connectivity index (χ3v) is 11.1. The van der Waals surface area contributed by atoms with Crippen LogP contribution in [-0.4, -0.2) is 118 Å². The Morgan fingerprint density at radius 2 is 1.60 bits per heavy atom. The van der Waals surface area contributed by atoms with Gasteiger partial charge in [0, 0.05) is 44.8 Å². The second-order valence-corrected chi connectivity index (χ2v) is 14.8. The fourth-order valence-electron chi connectivity index (χ4n) is 7.67. The number of carbonyl (C=O) groups excluding carboxylic acids is 5. The summed E-state index contributed by atoms with van der Waals surface area (Å²) in [7, 11) is 0. The molecule has 0 radical (unpaired) electrons. The van der Waals surface area contributed by atoms with Gasteiger partial charge in [0.05, 0.1) is 12.3 Å². The molecule has 5 amide bonds. The molecule has 288 valence electrons. The molecule has 1 aromatic carbocycles. The number of hydrogen-bond donors (Lipinski definition) is 2. The lowest BCUT2D eigenvalue weighted by atomic mass is 9.84. The van der Waals surface area contributed by atoms with Crippen molar-refractivity contribution in [2.75, 3.05) is 45.9 Å². The van der Waals surface area contributed by atoms with Crippen molar-refractivity contribution < 1.29 is 33.4 Å². The molecule has 0 bridgehead atoms. The number of piperazine rings is 1. The Bertz CT molecular complexity index is 1560. The number of carbonyl (C=O) groups is 5. The van der Waals surface area contributed by atoms with E-state index in [9.17, 15) is 24.0 Å². The Morgan fingerprint density at radius 1 is 0.868 bits per heavy atom. The van der Waals surface area contributed by atoms with Crippen LogP contribution < -0.4 is 15.4 Å². The number of nitrogens with zero attached hydrogens (tertiary/aromatic N) is 5. The van der Waals surface area contributed by atoms with Crippen LogP contribution in [-0.2, 0) is 19.1 Å². The van der Waals surface area contributed by atoms with E-state index in [-0.39, 0.29) is 48.0 Å². The minimum absolute atomic E-state index is 0.0521. The molecule has 1 aromatic heterocycles. The lowest BCUT2D eigenvalue weighted by Gasteiger charge is -2.36. The smallest absolute Gasteiger partial charge is 0.409 e. The van der Waals surface area contributed by atoms with Crippen molar-refractivity contribution >= 4 is 29.7 Å². The van der Waals surface area contributed by atoms with Crippen LogP contribution in [0.25, 0.3) is 5.69 Å². The molecule has 3 heterocycles. The molecule has 2 saturated carbocycles. The second-order valence-electron chi connectivity index (χ2n) is 14.8. The molecule has 0 unspecified atom stereocenters. The van der Waals surface area contributed by atoms with Crippen molar-refractivity contribution in [1.29, 1.82) is 0 Å². The molecule has 6 rings (SSSR count). The third-order valence-electron chi connectivity index (χ3n) is 11.1. The molecule has 0 spiro atoms. The number of hydrogen-bond acceptors (Lipinski definition) is 8. The van der Waals surface area contributed by atoms with Crippen molar-refractivity contribution in [3.05, 3.63) is 42.1 Å². The first kappa shape index (κ1) is 38.1. The Morgan fingerprint density at radius 3 is 2.30 bits per heavy atom. The SMILES string of the molecule is CCCCOC(=O)N1CCN(C(=O)[C@H](CC2CCCCC2)NC(=O)c2cc(OCC(=O)N3CCC[C@H]3C(=O)NC3CCC3)n(-c3ccccc3)n2)CC1. The standard InChI is InChI=1S/C39H55N7O7/c1-2-3-24-52-39(51)44-22-20-43(21-23-44)38(50)32(25-28-12-6-4-7-13-28)41-36(48)31-26-35(46(42-31)30-16-8-5-9-17-30)53-27-34(47)45-19-11-18-33(45)37(49)40-29-14-10-15-29/h5,8-9,16-17,26,28-29,32-33H,2-4,6-7,10-15,18-25,27H2,1H3,(H,40,49)(H,41,48)/t32-,33-/m0/s1. The van der Waals surface area contributed by atoms with Gasteiger partial charge >= 0.3 is 6.09 Å². The predicted molar refractivity (Wildman–Crippen MR) is 196 cm³/mol. The van der Waals surface area contributed by atoms with Crippen LogP contribution in [0.1, 0.15) is 101 Å². The zero-order valence-corrected chi connectivity index (χ0v) is 31.0. The monoisotopic (exact) mass is 733 g/mol. The van der Waals surface area contributed by atoms with Crippen LogP contribution in [0.2, 0.25) is 0 Å². The summed E-state index contributed by atoms with van der Waals surface area (Å²) in [5.74, 6) is -0.607. The molecule has 2 aromatic rings. The number of rotatable bonds is 14. The van der Waals surface area contributed by atoms with Gasteiger partial charge in [0.2, 0.25) is 17.7 Å².